The van der Waals surface area contributed by atoms with Crippen molar-refractivity contribution in [3.8, 4) is 11.3 Å². The fourth-order valence-corrected chi connectivity index (χ4v) is 2.16. The van der Waals surface area contributed by atoms with E-state index in [9.17, 15) is 9.59 Å². The summed E-state index contributed by atoms with van der Waals surface area (Å²) in [6.45, 7) is 0. The predicted octanol–water partition coefficient (Wildman–Crippen LogP) is 0.737. The van der Waals surface area contributed by atoms with Gasteiger partial charge < -0.3 is 0 Å². The second-order valence-corrected chi connectivity index (χ2v) is 4.23. The third-order valence-corrected chi connectivity index (χ3v) is 3.14. The van der Waals surface area contributed by atoms with Crippen molar-refractivity contribution in [3.05, 3.63) is 51.2 Å². The largest absolute Gasteiger partial charge is 0.332 e. The molecule has 2 aliphatic rings. The van der Waals surface area contributed by atoms with E-state index in [1.165, 1.54) is 11.6 Å². The van der Waals surface area contributed by atoms with Gasteiger partial charge in [0.1, 0.15) is 0 Å². The zero-order valence-electron chi connectivity index (χ0n) is 10.0. The summed E-state index contributed by atoms with van der Waals surface area (Å²) >= 11 is 0. The highest BCUT2D eigenvalue weighted by Crippen LogP contribution is 2.26. The van der Waals surface area contributed by atoms with Crippen LogP contribution in [0.25, 0.3) is 22.3 Å². The Balaban J connectivity index is 2.69. The molecule has 1 aromatic rings. The predicted molar refractivity (Wildman–Crippen MR) is 68.8 cm³/mol. The Labute approximate surface area is 102 Å². The molecule has 5 heteroatoms. The number of nitrogens with zero attached hydrogens (tertiary/aromatic N) is 3. The van der Waals surface area contributed by atoms with Gasteiger partial charge in [0.15, 0.2) is 5.65 Å². The van der Waals surface area contributed by atoms with Crippen molar-refractivity contribution in [2.75, 3.05) is 0 Å². The number of fused-ring (bicyclic) bond motifs is 3. The Bertz CT molecular complexity index is 845. The Morgan fingerprint density at radius 2 is 1.72 bits per heavy atom. The molecule has 3 rings (SSSR count). The topological polar surface area (TPSA) is 56.9 Å². The maximum atomic E-state index is 12.2. The normalized spacial score (nSPS) is 11.2. The highest BCUT2D eigenvalue weighted by atomic mass is 16.2. The van der Waals surface area contributed by atoms with E-state index in [-0.39, 0.29) is 11.2 Å². The highest BCUT2D eigenvalue weighted by molar-refractivity contribution is 5.94. The Hall–Kier alpha value is -2.43. The Morgan fingerprint density at radius 1 is 1.00 bits per heavy atom. The lowest BCUT2D eigenvalue weighted by Gasteiger charge is -2.02. The molecule has 0 amide bonds. The van der Waals surface area contributed by atoms with E-state index < -0.39 is 0 Å². The number of rotatable bonds is 0. The van der Waals surface area contributed by atoms with E-state index >= 15 is 0 Å². The highest BCUT2D eigenvalue weighted by Gasteiger charge is 2.18. The second-order valence-electron chi connectivity index (χ2n) is 4.23. The van der Waals surface area contributed by atoms with Gasteiger partial charge >= 0.3 is 5.69 Å². The average Bonchev–Trinajstić information content (AvgIpc) is 2.57. The zero-order chi connectivity index (χ0) is 12.9. The molecule has 0 atom stereocenters. The van der Waals surface area contributed by atoms with E-state index in [0.717, 1.165) is 10.1 Å². The van der Waals surface area contributed by atoms with Crippen LogP contribution in [-0.2, 0) is 14.1 Å². The van der Waals surface area contributed by atoms with Crippen LogP contribution in [0.5, 0.6) is 0 Å². The lowest BCUT2D eigenvalue weighted by Crippen LogP contribution is -2.36. The summed E-state index contributed by atoms with van der Waals surface area (Å²) < 4.78 is 2.51. The van der Waals surface area contributed by atoms with E-state index in [1.54, 1.807) is 7.05 Å². The second kappa shape index (κ2) is 3.53. The molecule has 0 spiro atoms. The van der Waals surface area contributed by atoms with Gasteiger partial charge in [-0.3, -0.25) is 13.9 Å². The molecule has 0 saturated carbocycles. The van der Waals surface area contributed by atoms with Gasteiger partial charge in [-0.15, -0.1) is 0 Å². The van der Waals surface area contributed by atoms with Crippen LogP contribution in [0.4, 0.5) is 0 Å². The van der Waals surface area contributed by atoms with Crippen molar-refractivity contribution in [1.29, 1.82) is 0 Å². The summed E-state index contributed by atoms with van der Waals surface area (Å²) in [6.07, 6.45) is 0. The summed E-state index contributed by atoms with van der Waals surface area (Å²) in [7, 11) is 3.10. The standard InChI is InChI=1S/C13H11N3O2/c1-15-11-10(12(17)16(2)13(15)18)8-6-4-3-5-7-9(8)14-11/h3-7H,1-2H3. The SMILES string of the molecule is Cn1c(=O)c2c3cccccc-3nc2n(C)c1=O. The van der Waals surface area contributed by atoms with Gasteiger partial charge in [0.05, 0.1) is 11.1 Å². The summed E-state index contributed by atoms with van der Waals surface area (Å²) in [4.78, 5) is 28.4. The fraction of sp³-hybridized carbons (Fsp3) is 0.154. The molecular weight excluding hydrogens is 230 g/mol. The molecule has 1 aromatic heterocycles. The molecule has 18 heavy (non-hydrogen) atoms. The molecule has 2 heterocycles. The van der Waals surface area contributed by atoms with Gasteiger partial charge in [-0.1, -0.05) is 24.3 Å². The van der Waals surface area contributed by atoms with Crippen molar-refractivity contribution in [3.63, 3.8) is 0 Å². The Morgan fingerprint density at radius 3 is 2.50 bits per heavy atom. The van der Waals surface area contributed by atoms with Crippen molar-refractivity contribution in [1.82, 2.24) is 14.1 Å². The van der Waals surface area contributed by atoms with Crippen molar-refractivity contribution >= 4 is 11.0 Å². The van der Waals surface area contributed by atoms with Gasteiger partial charge in [-0.25, -0.2) is 9.78 Å². The molecule has 0 bridgehead atoms. The fourth-order valence-electron chi connectivity index (χ4n) is 2.16. The molecule has 0 aromatic carbocycles. The molecule has 5 nitrogen and oxygen atoms in total. The molecule has 1 aliphatic heterocycles. The average molecular weight is 241 g/mol. The summed E-state index contributed by atoms with van der Waals surface area (Å²) in [5.74, 6) is 0. The van der Waals surface area contributed by atoms with Crippen LogP contribution >= 0.6 is 0 Å². The molecule has 1 aliphatic carbocycles. The van der Waals surface area contributed by atoms with Crippen molar-refractivity contribution < 1.29 is 0 Å². The van der Waals surface area contributed by atoms with Crippen molar-refractivity contribution in [2.45, 2.75) is 0 Å². The first-order valence-electron chi connectivity index (χ1n) is 5.55. The zero-order valence-corrected chi connectivity index (χ0v) is 10.0. The van der Waals surface area contributed by atoms with E-state index in [2.05, 4.69) is 4.98 Å². The van der Waals surface area contributed by atoms with Gasteiger partial charge in [0, 0.05) is 19.7 Å². The number of aromatic nitrogens is 3. The maximum absolute atomic E-state index is 12.2. The van der Waals surface area contributed by atoms with E-state index in [0.29, 0.717) is 16.7 Å². The van der Waals surface area contributed by atoms with Crippen LogP contribution < -0.4 is 11.2 Å². The number of hydrogen-bond acceptors (Lipinski definition) is 3. The van der Waals surface area contributed by atoms with Crippen LogP contribution in [0, 0.1) is 0 Å². The molecule has 90 valence electrons. The van der Waals surface area contributed by atoms with Crippen LogP contribution in [0.15, 0.2) is 39.9 Å². The first-order chi connectivity index (χ1) is 8.61. The molecule has 0 N–H and O–H groups in total. The monoisotopic (exact) mass is 241 g/mol. The first-order valence-corrected chi connectivity index (χ1v) is 5.55. The third-order valence-electron chi connectivity index (χ3n) is 3.14. The smallest absolute Gasteiger partial charge is 0.280 e. The molecular formula is C13H11N3O2. The summed E-state index contributed by atoms with van der Waals surface area (Å²) in [6, 6.07) is 9.26. The van der Waals surface area contributed by atoms with E-state index in [4.69, 9.17) is 0 Å². The van der Waals surface area contributed by atoms with Crippen molar-refractivity contribution in [2.24, 2.45) is 14.1 Å². The lowest BCUT2D eigenvalue weighted by molar-refractivity contribution is 0.710. The summed E-state index contributed by atoms with van der Waals surface area (Å²) in [5, 5.41) is 0.491. The Kier molecular flexibility index (Phi) is 2.10. The minimum atomic E-state index is -0.361. The van der Waals surface area contributed by atoms with E-state index in [1.807, 2.05) is 30.3 Å². The van der Waals surface area contributed by atoms with Gasteiger partial charge in [-0.05, 0) is 6.07 Å². The minimum Gasteiger partial charge on any atom is -0.280 e. The van der Waals surface area contributed by atoms with Crippen LogP contribution in [-0.4, -0.2) is 14.1 Å². The molecule has 0 saturated heterocycles. The molecule has 0 radical (unpaired) electrons. The molecule has 0 fully saturated rings. The quantitative estimate of drug-likeness (QED) is 0.583. The maximum Gasteiger partial charge on any atom is 0.332 e. The summed E-state index contributed by atoms with van der Waals surface area (Å²) in [5.41, 5.74) is 1.25. The third kappa shape index (κ3) is 1.24. The van der Waals surface area contributed by atoms with Crippen LogP contribution in [0.2, 0.25) is 0 Å². The van der Waals surface area contributed by atoms with Gasteiger partial charge in [-0.2, -0.15) is 0 Å². The first kappa shape index (κ1) is 10.7. The number of hydrogen-bond donors (Lipinski definition) is 0. The van der Waals surface area contributed by atoms with Gasteiger partial charge in [0.2, 0.25) is 0 Å². The lowest BCUT2D eigenvalue weighted by atomic mass is 10.2. The molecule has 0 unspecified atom stereocenters. The van der Waals surface area contributed by atoms with Crippen LogP contribution in [0.1, 0.15) is 0 Å². The number of aryl methyl sites for hydroxylation is 1. The van der Waals surface area contributed by atoms with Crippen LogP contribution in [0.3, 0.4) is 0 Å². The minimum absolute atomic E-state index is 0.304. The van der Waals surface area contributed by atoms with Gasteiger partial charge in [0.25, 0.3) is 5.56 Å².